The van der Waals surface area contributed by atoms with Gasteiger partial charge in [-0.05, 0) is 31.2 Å². The van der Waals surface area contributed by atoms with Gasteiger partial charge >= 0.3 is 0 Å². The lowest BCUT2D eigenvalue weighted by molar-refractivity contribution is 0.355. The molecular formula is C18H25N5O4S. The first-order valence-corrected chi connectivity index (χ1v) is 10.9. The predicted octanol–water partition coefficient (Wildman–Crippen LogP) is 1.14. The maximum Gasteiger partial charge on any atom is 0.274 e. The Morgan fingerprint density at radius 3 is 2.46 bits per heavy atom. The fourth-order valence-electron chi connectivity index (χ4n) is 3.55. The Morgan fingerprint density at radius 2 is 1.86 bits per heavy atom. The molecule has 0 amide bonds. The van der Waals surface area contributed by atoms with Crippen LogP contribution in [0, 0.1) is 5.92 Å². The molecule has 1 saturated carbocycles. The lowest BCUT2D eigenvalue weighted by Gasteiger charge is -2.41. The molecule has 0 atom stereocenters. The van der Waals surface area contributed by atoms with Crippen LogP contribution in [0.2, 0.25) is 0 Å². The molecule has 28 heavy (non-hydrogen) atoms. The Labute approximate surface area is 164 Å². The highest BCUT2D eigenvalue weighted by Crippen LogP contribution is 2.42. The molecule has 1 aromatic heterocycles. The Hall–Kier alpha value is -2.17. The molecule has 2 fully saturated rings. The van der Waals surface area contributed by atoms with Crippen molar-refractivity contribution in [3.63, 3.8) is 0 Å². The van der Waals surface area contributed by atoms with Crippen LogP contribution in [0.3, 0.4) is 0 Å². The molecule has 1 aliphatic carbocycles. The van der Waals surface area contributed by atoms with Crippen molar-refractivity contribution < 1.29 is 17.9 Å². The normalized spacial score (nSPS) is 17.6. The van der Waals surface area contributed by atoms with Crippen molar-refractivity contribution in [3.05, 3.63) is 18.0 Å². The van der Waals surface area contributed by atoms with Crippen LogP contribution in [0.5, 0.6) is 11.5 Å². The van der Waals surface area contributed by atoms with E-state index in [0.29, 0.717) is 29.9 Å². The molecule has 2 aromatic rings. The van der Waals surface area contributed by atoms with E-state index < -0.39 is 10.2 Å². The van der Waals surface area contributed by atoms with Crippen molar-refractivity contribution in [2.75, 3.05) is 38.8 Å². The minimum absolute atomic E-state index is 0.347. The summed E-state index contributed by atoms with van der Waals surface area (Å²) in [6.45, 7) is 1.98. The van der Waals surface area contributed by atoms with Crippen LogP contribution in [-0.4, -0.2) is 52.2 Å². The molecule has 152 valence electrons. The van der Waals surface area contributed by atoms with Gasteiger partial charge in [-0.1, -0.05) is 0 Å². The molecule has 0 bridgehead atoms. The number of benzene rings is 1. The number of hydrogen-bond donors (Lipinski definition) is 2. The first kappa shape index (κ1) is 19.2. The smallest absolute Gasteiger partial charge is 0.274 e. The maximum absolute atomic E-state index is 11.0. The maximum atomic E-state index is 11.0. The van der Waals surface area contributed by atoms with Gasteiger partial charge in [0.1, 0.15) is 11.6 Å². The zero-order chi connectivity index (χ0) is 19.9. The molecule has 1 aromatic carbocycles. The summed E-state index contributed by atoms with van der Waals surface area (Å²) in [5, 5.41) is 5.91. The van der Waals surface area contributed by atoms with Crippen molar-refractivity contribution in [3.8, 4) is 11.5 Å². The minimum atomic E-state index is -3.63. The summed E-state index contributed by atoms with van der Waals surface area (Å²) in [4.78, 5) is 11.8. The monoisotopic (exact) mass is 407 g/mol. The Bertz CT molecular complexity index is 987. The number of rotatable bonds is 8. The zero-order valence-electron chi connectivity index (χ0n) is 16.0. The second kappa shape index (κ2) is 7.34. The van der Waals surface area contributed by atoms with E-state index in [2.05, 4.69) is 9.62 Å². The van der Waals surface area contributed by atoms with Crippen molar-refractivity contribution in [2.45, 2.75) is 25.2 Å². The average Bonchev–Trinajstić information content (AvgIpc) is 3.46. The van der Waals surface area contributed by atoms with Crippen LogP contribution in [0.15, 0.2) is 12.1 Å². The van der Waals surface area contributed by atoms with Crippen LogP contribution < -0.4 is 24.2 Å². The van der Waals surface area contributed by atoms with Gasteiger partial charge in [-0.15, -0.1) is 0 Å². The van der Waals surface area contributed by atoms with Gasteiger partial charge < -0.3 is 14.4 Å². The summed E-state index contributed by atoms with van der Waals surface area (Å²) in [6.07, 6.45) is 2.99. The number of nitrogens with one attached hydrogen (secondary N) is 1. The summed E-state index contributed by atoms with van der Waals surface area (Å²) in [5.41, 5.74) is 0.851. The number of ether oxygens (including phenoxy) is 2. The van der Waals surface area contributed by atoms with E-state index in [1.807, 2.05) is 12.1 Å². The molecule has 2 heterocycles. The summed E-state index contributed by atoms with van der Waals surface area (Å²) in [6, 6.07) is 3.83. The third kappa shape index (κ3) is 3.98. The molecule has 1 saturated heterocycles. The van der Waals surface area contributed by atoms with Gasteiger partial charge in [0.15, 0.2) is 11.5 Å². The van der Waals surface area contributed by atoms with Crippen molar-refractivity contribution in [1.82, 2.24) is 14.7 Å². The number of anilines is 1. The zero-order valence-corrected chi connectivity index (χ0v) is 16.8. The van der Waals surface area contributed by atoms with Gasteiger partial charge in [-0.2, -0.15) is 8.42 Å². The molecule has 1 aliphatic heterocycles. The van der Waals surface area contributed by atoms with E-state index in [4.69, 9.17) is 24.6 Å². The molecule has 0 spiro atoms. The first-order valence-electron chi connectivity index (χ1n) is 9.34. The van der Waals surface area contributed by atoms with Crippen LogP contribution in [0.4, 0.5) is 5.82 Å². The predicted molar refractivity (Wildman–Crippen MR) is 106 cm³/mol. The number of methoxy groups -OCH3 is 2. The largest absolute Gasteiger partial charge is 0.493 e. The van der Waals surface area contributed by atoms with Gasteiger partial charge in [0.25, 0.3) is 10.2 Å². The quantitative estimate of drug-likeness (QED) is 0.673. The highest BCUT2D eigenvalue weighted by molar-refractivity contribution is 7.87. The Morgan fingerprint density at radius 1 is 1.18 bits per heavy atom. The molecule has 10 heteroatoms. The SMILES string of the molecule is COc1cc2nc(C3CC3)nc(N3CC(CCNS(N)(=O)=O)C3)c2cc1OC. The lowest BCUT2D eigenvalue weighted by atomic mass is 9.96. The van der Waals surface area contributed by atoms with E-state index >= 15 is 0 Å². The summed E-state index contributed by atoms with van der Waals surface area (Å²) >= 11 is 0. The standard InChI is InChI=1S/C18H25N5O4S/c1-26-15-7-13-14(8-16(15)27-2)21-17(12-3-4-12)22-18(13)23-9-11(10-23)5-6-20-28(19,24)25/h7-8,11-12,20H,3-6,9-10H2,1-2H3,(H2,19,24,25). The molecule has 0 unspecified atom stereocenters. The van der Waals surface area contributed by atoms with Gasteiger partial charge in [0.05, 0.1) is 19.7 Å². The fourth-order valence-corrected chi connectivity index (χ4v) is 3.96. The first-order chi connectivity index (χ1) is 13.4. The molecule has 4 rings (SSSR count). The lowest BCUT2D eigenvalue weighted by Crippen LogP contribution is -2.48. The van der Waals surface area contributed by atoms with Crippen molar-refractivity contribution in [2.24, 2.45) is 11.1 Å². The highest BCUT2D eigenvalue weighted by Gasteiger charge is 2.32. The van der Waals surface area contributed by atoms with Gasteiger partial charge in [-0.3, -0.25) is 0 Å². The van der Waals surface area contributed by atoms with Gasteiger partial charge in [-0.25, -0.2) is 19.8 Å². The topological polar surface area (TPSA) is 120 Å². The van der Waals surface area contributed by atoms with Crippen molar-refractivity contribution in [1.29, 1.82) is 0 Å². The van der Waals surface area contributed by atoms with Crippen LogP contribution in [-0.2, 0) is 10.2 Å². The third-order valence-electron chi connectivity index (χ3n) is 5.25. The number of nitrogens with two attached hydrogens (primary N) is 1. The van der Waals surface area contributed by atoms with E-state index in [1.54, 1.807) is 14.2 Å². The summed E-state index contributed by atoms with van der Waals surface area (Å²) in [5.74, 6) is 3.92. The summed E-state index contributed by atoms with van der Waals surface area (Å²) in [7, 11) is -0.405. The summed E-state index contributed by atoms with van der Waals surface area (Å²) < 4.78 is 35.2. The molecular weight excluding hydrogens is 382 g/mol. The average molecular weight is 407 g/mol. The van der Waals surface area contributed by atoms with Gasteiger partial charge in [0, 0.05) is 37.0 Å². The van der Waals surface area contributed by atoms with Crippen molar-refractivity contribution >= 4 is 26.9 Å². The van der Waals surface area contributed by atoms with Crippen LogP contribution in [0.25, 0.3) is 10.9 Å². The Kier molecular flexibility index (Phi) is 5.02. The number of aromatic nitrogens is 2. The fraction of sp³-hybridized carbons (Fsp3) is 0.556. The minimum Gasteiger partial charge on any atom is -0.493 e. The number of hydrogen-bond acceptors (Lipinski definition) is 7. The van der Waals surface area contributed by atoms with Crippen LogP contribution >= 0.6 is 0 Å². The molecule has 9 nitrogen and oxygen atoms in total. The highest BCUT2D eigenvalue weighted by atomic mass is 32.2. The van der Waals surface area contributed by atoms with E-state index in [1.165, 1.54) is 0 Å². The molecule has 2 aliphatic rings. The number of nitrogens with zero attached hydrogens (tertiary/aromatic N) is 3. The molecule has 0 radical (unpaired) electrons. The third-order valence-corrected chi connectivity index (χ3v) is 5.86. The second-order valence-electron chi connectivity index (χ2n) is 7.40. The van der Waals surface area contributed by atoms with Crippen LogP contribution in [0.1, 0.15) is 31.0 Å². The second-order valence-corrected chi connectivity index (χ2v) is 8.78. The number of fused-ring (bicyclic) bond motifs is 1. The van der Waals surface area contributed by atoms with E-state index in [9.17, 15) is 8.42 Å². The molecule has 3 N–H and O–H groups in total. The van der Waals surface area contributed by atoms with E-state index in [0.717, 1.165) is 54.9 Å². The van der Waals surface area contributed by atoms with Gasteiger partial charge in [0.2, 0.25) is 0 Å². The Balaban J connectivity index is 1.58. The van der Waals surface area contributed by atoms with E-state index in [-0.39, 0.29) is 0 Å².